The van der Waals surface area contributed by atoms with Crippen molar-refractivity contribution in [2.45, 2.75) is 10.0 Å². The van der Waals surface area contributed by atoms with Gasteiger partial charge in [-0.3, -0.25) is 0 Å². The van der Waals surface area contributed by atoms with Crippen molar-refractivity contribution in [2.24, 2.45) is 0 Å². The van der Waals surface area contributed by atoms with E-state index in [1.165, 1.54) is 17.4 Å². The first-order chi connectivity index (χ1) is 11.9. The first-order valence-electron chi connectivity index (χ1n) is 8.39. The van der Waals surface area contributed by atoms with Crippen LogP contribution in [-0.2, 0) is 23.2 Å². The van der Waals surface area contributed by atoms with Crippen molar-refractivity contribution in [3.8, 4) is 0 Å². The summed E-state index contributed by atoms with van der Waals surface area (Å²) in [7, 11) is -0.293. The summed E-state index contributed by atoms with van der Waals surface area (Å²) in [5, 5.41) is 4.67. The molecule has 0 radical (unpaired) electrons. The van der Waals surface area contributed by atoms with Crippen molar-refractivity contribution in [1.82, 2.24) is 0 Å². The fourth-order valence-electron chi connectivity index (χ4n) is 3.72. The van der Waals surface area contributed by atoms with Gasteiger partial charge in [-0.2, -0.15) is 0 Å². The molecule has 0 saturated heterocycles. The van der Waals surface area contributed by atoms with E-state index in [2.05, 4.69) is 84.7 Å². The average Bonchev–Trinajstić information content (AvgIpc) is 3.34. The third-order valence-corrected chi connectivity index (χ3v) is 11.9. The summed E-state index contributed by atoms with van der Waals surface area (Å²) in [5.41, 5.74) is 3.05. The van der Waals surface area contributed by atoms with E-state index in [-0.39, 0.29) is 32.3 Å². The van der Waals surface area contributed by atoms with Crippen LogP contribution >= 0.6 is 7.53 Å². The monoisotopic (exact) mass is 472 g/mol. The zero-order chi connectivity index (χ0) is 15.9. The molecule has 26 heavy (non-hydrogen) atoms. The van der Waals surface area contributed by atoms with Crippen molar-refractivity contribution < 1.29 is 48.0 Å². The number of hydrogen-bond donors (Lipinski definition) is 0. The average molecular weight is 474 g/mol. The first kappa shape index (κ1) is 19.9. The number of allylic oxidation sites excluding steroid dienone is 5. The van der Waals surface area contributed by atoms with Gasteiger partial charge in [0, 0.05) is 0 Å². The van der Waals surface area contributed by atoms with Crippen LogP contribution in [0.3, 0.4) is 0 Å². The molecule has 0 N–H and O–H groups in total. The van der Waals surface area contributed by atoms with E-state index in [1.807, 2.05) is 0 Å². The summed E-state index contributed by atoms with van der Waals surface area (Å²) >= 11 is -0.643. The molecule has 2 aliphatic rings. The maximum atomic E-state index is 2.52. The van der Waals surface area contributed by atoms with Crippen LogP contribution < -0.4 is 24.8 Å². The fraction of sp³-hybridized carbons (Fsp3) is 0.0909. The fourth-order valence-corrected chi connectivity index (χ4v) is 11.0. The topological polar surface area (TPSA) is 0 Å². The number of benzene rings is 2. The predicted molar refractivity (Wildman–Crippen MR) is 102 cm³/mol. The smallest absolute Gasteiger partial charge is 1.00 e. The van der Waals surface area contributed by atoms with Gasteiger partial charge >= 0.3 is 156 Å². The Balaban J connectivity index is 0.000000980. The molecule has 0 bridgehead atoms. The van der Waals surface area contributed by atoms with E-state index in [0.29, 0.717) is 3.63 Å². The molecule has 5 rings (SSSR count). The van der Waals surface area contributed by atoms with Crippen LogP contribution in [0, 0.1) is 0 Å². The van der Waals surface area contributed by atoms with E-state index in [4.69, 9.17) is 0 Å². The van der Waals surface area contributed by atoms with Crippen LogP contribution in [0.1, 0.15) is 21.2 Å². The minimum Gasteiger partial charge on any atom is -1.00 e. The molecule has 2 unspecified atom stereocenters. The second-order valence-corrected chi connectivity index (χ2v) is 12.1. The molecule has 2 aliphatic carbocycles. The van der Waals surface area contributed by atoms with Crippen LogP contribution in [0.25, 0.3) is 21.9 Å². The van der Waals surface area contributed by atoms with Gasteiger partial charge in [0.25, 0.3) is 0 Å². The predicted octanol–water partition coefficient (Wildman–Crippen LogP) is 0.814. The van der Waals surface area contributed by atoms with Gasteiger partial charge in [0.15, 0.2) is 0 Å². The first-order valence-corrected chi connectivity index (χ1v) is 12.5. The SMILES string of the molecule is C1=CC[C]([Zr+2][CH]2C(p3ccc4ccccc43)=Cc3ccccc32)=C1.[Cl-].[Cl-]. The van der Waals surface area contributed by atoms with E-state index < -0.39 is 23.2 Å². The summed E-state index contributed by atoms with van der Waals surface area (Å²) in [6, 6.07) is 20.4. The number of hydrogen-bond acceptors (Lipinski definition) is 0. The molecule has 1 aromatic heterocycles. The van der Waals surface area contributed by atoms with Crippen LogP contribution in [-0.4, -0.2) is 0 Å². The molecule has 3 aromatic rings. The molecule has 2 atom stereocenters. The van der Waals surface area contributed by atoms with Gasteiger partial charge in [-0.25, -0.2) is 0 Å². The van der Waals surface area contributed by atoms with E-state index in [0.717, 1.165) is 0 Å². The maximum Gasteiger partial charge on any atom is -1.00 e. The van der Waals surface area contributed by atoms with Gasteiger partial charge in [0.05, 0.1) is 0 Å². The Labute approximate surface area is 179 Å². The summed E-state index contributed by atoms with van der Waals surface area (Å²) in [5.74, 6) is 2.48. The van der Waals surface area contributed by atoms with Crippen molar-refractivity contribution in [3.05, 3.63) is 93.0 Å². The maximum absolute atomic E-state index is 2.52. The molecule has 0 fully saturated rings. The zero-order valence-corrected chi connectivity index (χ0v) is 18.9. The number of halogens is 2. The summed E-state index contributed by atoms with van der Waals surface area (Å²) in [4.78, 5) is 0. The molecule has 0 aliphatic heterocycles. The van der Waals surface area contributed by atoms with Crippen LogP contribution in [0.5, 0.6) is 0 Å². The Morgan fingerprint density at radius 2 is 1.73 bits per heavy atom. The molecule has 0 amide bonds. The van der Waals surface area contributed by atoms with Gasteiger partial charge in [-0.1, -0.05) is 0 Å². The van der Waals surface area contributed by atoms with Gasteiger partial charge in [0.2, 0.25) is 0 Å². The molecule has 0 spiro atoms. The van der Waals surface area contributed by atoms with Gasteiger partial charge in [-0.05, 0) is 0 Å². The minimum absolute atomic E-state index is 0. The Kier molecular flexibility index (Phi) is 6.47. The Morgan fingerprint density at radius 1 is 0.923 bits per heavy atom. The molecule has 128 valence electrons. The third-order valence-electron chi connectivity index (χ3n) is 4.88. The largest absolute Gasteiger partial charge is 1.00 e. The van der Waals surface area contributed by atoms with Crippen LogP contribution in [0.2, 0.25) is 0 Å². The molecule has 0 nitrogen and oxygen atoms in total. The standard InChI is InChI=1S/C17H12P.C5H5.2ClH.Zr/c1-2-7-15-12-16(11-14(15)6-1)18-10-9-13-5-3-4-8-17(13)18;1-2-4-5-3-1;;;/h1-12H;1-3H,4H2;2*1H;/q;;;;+2/p-2. The minimum atomic E-state index is -0.643. The van der Waals surface area contributed by atoms with E-state index >= 15 is 0 Å². The Hall–Kier alpha value is -0.837. The molecule has 0 saturated carbocycles. The van der Waals surface area contributed by atoms with Crippen molar-refractivity contribution in [1.29, 1.82) is 0 Å². The van der Waals surface area contributed by atoms with Gasteiger partial charge in [0.1, 0.15) is 0 Å². The van der Waals surface area contributed by atoms with Gasteiger partial charge in [-0.15, -0.1) is 0 Å². The molecular formula is C22H17Cl2PZr. The molecule has 1 heterocycles. The zero-order valence-electron chi connectivity index (χ0n) is 14.1. The summed E-state index contributed by atoms with van der Waals surface area (Å²) < 4.78 is 2.44. The van der Waals surface area contributed by atoms with Crippen molar-refractivity contribution in [3.63, 3.8) is 0 Å². The summed E-state index contributed by atoms with van der Waals surface area (Å²) in [6.07, 6.45) is 10.7. The van der Waals surface area contributed by atoms with E-state index in [1.54, 1.807) is 19.3 Å². The van der Waals surface area contributed by atoms with E-state index in [9.17, 15) is 0 Å². The molecule has 4 heteroatoms. The second-order valence-electron chi connectivity index (χ2n) is 6.34. The van der Waals surface area contributed by atoms with Crippen molar-refractivity contribution >= 4 is 29.4 Å². The molecular weight excluding hydrogens is 457 g/mol. The molecule has 2 aromatic carbocycles. The second kappa shape index (κ2) is 8.45. The van der Waals surface area contributed by atoms with Crippen LogP contribution in [0.4, 0.5) is 0 Å². The Bertz CT molecular complexity index is 1030. The number of rotatable bonds is 3. The van der Waals surface area contributed by atoms with Crippen molar-refractivity contribution in [2.75, 3.05) is 0 Å². The third kappa shape index (κ3) is 3.48. The Morgan fingerprint density at radius 3 is 2.58 bits per heavy atom. The quantitative estimate of drug-likeness (QED) is 0.528. The summed E-state index contributed by atoms with van der Waals surface area (Å²) in [6.45, 7) is 0. The van der Waals surface area contributed by atoms with Gasteiger partial charge < -0.3 is 24.8 Å². The number of fused-ring (bicyclic) bond motifs is 2. The normalized spacial score (nSPS) is 17.7. The van der Waals surface area contributed by atoms with Crippen LogP contribution in [0.15, 0.2) is 81.9 Å².